The minimum absolute atomic E-state index is 0.600. The monoisotopic (exact) mass is 382 g/mol. The molecule has 0 amide bonds. The molecule has 0 aliphatic carbocycles. The largest absolute Gasteiger partial charge is 0.241 e. The van der Waals surface area contributed by atoms with Crippen LogP contribution in [0, 0.1) is 0 Å². The predicted molar refractivity (Wildman–Crippen MR) is 101 cm³/mol. The molecule has 0 saturated carbocycles. The Balaban J connectivity index is 1.89. The Morgan fingerprint density at radius 3 is 2.17 bits per heavy atom. The molecule has 3 heteroatoms. The fourth-order valence-electron chi connectivity index (χ4n) is 3.02. The van der Waals surface area contributed by atoms with Crippen LogP contribution in [0.15, 0.2) is 77.8 Å². The molecule has 2 heterocycles. The molecule has 1 unspecified atom stereocenters. The van der Waals surface area contributed by atoms with Crippen LogP contribution in [-0.2, 0) is 6.54 Å². The Morgan fingerprint density at radius 1 is 0.870 bits per heavy atom. The summed E-state index contributed by atoms with van der Waals surface area (Å²) in [6.45, 7) is 1.06. The number of rotatable bonds is 3. The normalized spacial score (nSPS) is 16.3. The van der Waals surface area contributed by atoms with Crippen molar-refractivity contribution in [3.8, 4) is 22.4 Å². The van der Waals surface area contributed by atoms with Crippen LogP contribution in [0.5, 0.6) is 0 Å². The first-order valence-corrected chi connectivity index (χ1v) is 9.76. The molecule has 1 aliphatic rings. The maximum atomic E-state index is 3.65. The lowest BCUT2D eigenvalue weighted by Gasteiger charge is -2.06. The first kappa shape index (κ1) is 15.0. The number of benzene rings is 2. The number of alkyl halides is 1. The molecule has 0 spiro atoms. The van der Waals surface area contributed by atoms with E-state index in [1.165, 1.54) is 27.4 Å². The van der Waals surface area contributed by atoms with Gasteiger partial charge in [-0.3, -0.25) is 0 Å². The number of hydrogen-bond acceptors (Lipinski definition) is 1. The van der Waals surface area contributed by atoms with Gasteiger partial charge in [0.2, 0.25) is 10.7 Å². The number of hydrogen-bond donors (Lipinski definition) is 0. The van der Waals surface area contributed by atoms with Gasteiger partial charge in [0.25, 0.3) is 0 Å². The average molecular weight is 383 g/mol. The Bertz CT molecular complexity index is 818. The molecule has 114 valence electrons. The number of halogens is 1. The third kappa shape index (κ3) is 2.96. The van der Waals surface area contributed by atoms with Gasteiger partial charge in [0, 0.05) is 23.0 Å². The summed E-state index contributed by atoms with van der Waals surface area (Å²) in [4.78, 5) is 0. The van der Waals surface area contributed by atoms with Crippen molar-refractivity contribution in [3.05, 3.63) is 72.8 Å². The molecule has 23 heavy (non-hydrogen) atoms. The fourth-order valence-corrected chi connectivity index (χ4v) is 4.74. The van der Waals surface area contributed by atoms with Crippen molar-refractivity contribution in [2.75, 3.05) is 5.33 Å². The van der Waals surface area contributed by atoms with E-state index in [2.05, 4.69) is 93.3 Å². The third-order valence-corrected chi connectivity index (χ3v) is 6.59. The zero-order valence-corrected chi connectivity index (χ0v) is 15.1. The molecule has 0 bridgehead atoms. The van der Waals surface area contributed by atoms with Crippen LogP contribution in [0.4, 0.5) is 0 Å². The summed E-state index contributed by atoms with van der Waals surface area (Å²) in [5.74, 6) is 0. The summed E-state index contributed by atoms with van der Waals surface area (Å²) < 4.78 is 2.46. The van der Waals surface area contributed by atoms with Gasteiger partial charge in [-0.15, -0.1) is 0 Å². The molecule has 3 aromatic rings. The van der Waals surface area contributed by atoms with Gasteiger partial charge in [0.05, 0.1) is 5.25 Å². The maximum absolute atomic E-state index is 3.65. The summed E-state index contributed by atoms with van der Waals surface area (Å²) in [5.41, 5.74) is 5.15. The zero-order valence-electron chi connectivity index (χ0n) is 12.7. The van der Waals surface area contributed by atoms with Gasteiger partial charge in [-0.25, -0.2) is 0 Å². The van der Waals surface area contributed by atoms with Crippen LogP contribution in [0.25, 0.3) is 22.4 Å². The van der Waals surface area contributed by atoms with Crippen molar-refractivity contribution in [2.45, 2.75) is 16.8 Å². The lowest BCUT2D eigenvalue weighted by molar-refractivity contribution is -0.715. The highest BCUT2D eigenvalue weighted by atomic mass is 79.9. The predicted octanol–water partition coefficient (Wildman–Crippen LogP) is 5.18. The van der Waals surface area contributed by atoms with Crippen LogP contribution in [-0.4, -0.2) is 10.6 Å². The minimum Gasteiger partial charge on any atom is -0.185 e. The maximum Gasteiger partial charge on any atom is 0.241 e. The van der Waals surface area contributed by atoms with Crippen molar-refractivity contribution < 1.29 is 4.57 Å². The second kappa shape index (κ2) is 6.50. The SMILES string of the molecule is BrCC1C[n+]2c(cc(-c3ccccc3)cc2-c2ccccc2)S1. The van der Waals surface area contributed by atoms with Crippen molar-refractivity contribution in [3.63, 3.8) is 0 Å². The fraction of sp³-hybridized carbons (Fsp3) is 0.150. The van der Waals surface area contributed by atoms with Crippen molar-refractivity contribution in [1.82, 2.24) is 0 Å². The lowest BCUT2D eigenvalue weighted by atomic mass is 10.0. The third-order valence-electron chi connectivity index (χ3n) is 4.15. The summed E-state index contributed by atoms with van der Waals surface area (Å²) in [5, 5.41) is 2.98. The molecule has 0 fully saturated rings. The number of pyridine rings is 1. The summed E-state index contributed by atoms with van der Waals surface area (Å²) in [6.07, 6.45) is 0. The Kier molecular flexibility index (Phi) is 4.23. The van der Waals surface area contributed by atoms with Gasteiger partial charge in [-0.05, 0) is 35.0 Å². The van der Waals surface area contributed by atoms with Crippen LogP contribution in [0.1, 0.15) is 0 Å². The van der Waals surface area contributed by atoms with E-state index in [9.17, 15) is 0 Å². The van der Waals surface area contributed by atoms with Crippen LogP contribution >= 0.6 is 27.7 Å². The van der Waals surface area contributed by atoms with Crippen molar-refractivity contribution in [2.24, 2.45) is 0 Å². The Morgan fingerprint density at radius 2 is 1.52 bits per heavy atom. The highest BCUT2D eigenvalue weighted by Gasteiger charge is 2.33. The number of fused-ring (bicyclic) bond motifs is 1. The summed E-state index contributed by atoms with van der Waals surface area (Å²) >= 11 is 5.62. The highest BCUT2D eigenvalue weighted by Crippen LogP contribution is 2.34. The second-order valence-corrected chi connectivity index (χ2v) is 7.67. The molecule has 1 aliphatic heterocycles. The standard InChI is InChI=1S/C20H17BrNS/c21-13-18-14-22-19(16-9-5-2-6-10-16)11-17(12-20(22)23-18)15-7-3-1-4-8-15/h1-12,18H,13-14H2/q+1. The number of nitrogens with zero attached hydrogens (tertiary/aromatic N) is 1. The van der Waals surface area contributed by atoms with E-state index in [-0.39, 0.29) is 0 Å². The van der Waals surface area contributed by atoms with Gasteiger partial charge in [0.15, 0.2) is 6.54 Å². The topological polar surface area (TPSA) is 3.88 Å². The van der Waals surface area contributed by atoms with E-state index in [1.54, 1.807) is 0 Å². The minimum atomic E-state index is 0.600. The number of aromatic nitrogens is 1. The molecule has 4 rings (SSSR count). The van der Waals surface area contributed by atoms with Gasteiger partial charge in [-0.2, -0.15) is 4.57 Å². The second-order valence-electron chi connectivity index (χ2n) is 5.70. The smallest absolute Gasteiger partial charge is 0.185 e. The van der Waals surface area contributed by atoms with Gasteiger partial charge < -0.3 is 0 Å². The molecule has 1 aromatic heterocycles. The summed E-state index contributed by atoms with van der Waals surface area (Å²) in [6, 6.07) is 26.0. The molecule has 0 N–H and O–H groups in total. The number of thioether (sulfide) groups is 1. The molecule has 0 saturated heterocycles. The van der Waals surface area contributed by atoms with Crippen LogP contribution < -0.4 is 4.57 Å². The summed E-state index contributed by atoms with van der Waals surface area (Å²) in [7, 11) is 0. The van der Waals surface area contributed by atoms with E-state index >= 15 is 0 Å². The van der Waals surface area contributed by atoms with E-state index in [4.69, 9.17) is 0 Å². The quantitative estimate of drug-likeness (QED) is 0.445. The highest BCUT2D eigenvalue weighted by molar-refractivity contribution is 9.09. The Hall–Kier alpha value is -1.58. The van der Waals surface area contributed by atoms with Gasteiger partial charge in [-0.1, -0.05) is 64.5 Å². The lowest BCUT2D eigenvalue weighted by Crippen LogP contribution is -2.37. The van der Waals surface area contributed by atoms with E-state index in [0.717, 1.165) is 11.9 Å². The van der Waals surface area contributed by atoms with Gasteiger partial charge >= 0.3 is 0 Å². The van der Waals surface area contributed by atoms with Gasteiger partial charge in [0.1, 0.15) is 0 Å². The first-order chi connectivity index (χ1) is 11.3. The molecule has 1 nitrogen and oxygen atoms in total. The molecular weight excluding hydrogens is 366 g/mol. The average Bonchev–Trinajstić information content (AvgIpc) is 3.05. The molecular formula is C20H17BrNS+. The van der Waals surface area contributed by atoms with E-state index < -0.39 is 0 Å². The molecule has 2 aromatic carbocycles. The van der Waals surface area contributed by atoms with Crippen molar-refractivity contribution >= 4 is 27.7 Å². The van der Waals surface area contributed by atoms with E-state index in [0.29, 0.717) is 5.25 Å². The van der Waals surface area contributed by atoms with Crippen molar-refractivity contribution in [1.29, 1.82) is 0 Å². The Labute approximate surface area is 149 Å². The molecule has 0 radical (unpaired) electrons. The first-order valence-electron chi connectivity index (χ1n) is 7.76. The van der Waals surface area contributed by atoms with E-state index in [1.807, 2.05) is 11.8 Å². The molecule has 1 atom stereocenters. The van der Waals surface area contributed by atoms with Crippen LogP contribution in [0.3, 0.4) is 0 Å². The van der Waals surface area contributed by atoms with Crippen LogP contribution in [0.2, 0.25) is 0 Å². The zero-order chi connectivity index (χ0) is 15.6.